The summed E-state index contributed by atoms with van der Waals surface area (Å²) in [6.07, 6.45) is 0.711. The third kappa shape index (κ3) is 3.23. The predicted molar refractivity (Wildman–Crippen MR) is 87.7 cm³/mol. The van der Waals surface area contributed by atoms with Crippen molar-refractivity contribution in [1.29, 1.82) is 0 Å². The maximum Gasteiger partial charge on any atom is 0.147 e. The van der Waals surface area contributed by atoms with Crippen LogP contribution < -0.4 is 10.5 Å². The molecule has 4 heteroatoms. The molecule has 1 heterocycles. The molecule has 0 saturated carbocycles. The molecular weight excluding hydrogens is 280 g/mol. The van der Waals surface area contributed by atoms with Gasteiger partial charge in [0.25, 0.3) is 0 Å². The van der Waals surface area contributed by atoms with Crippen LogP contribution >= 0.6 is 11.3 Å². The second-order valence-electron chi connectivity index (χ2n) is 5.19. The Morgan fingerprint density at radius 1 is 1.14 bits per heavy atom. The molecule has 0 saturated heterocycles. The molecule has 0 aliphatic heterocycles. The molecule has 0 aliphatic carbocycles. The summed E-state index contributed by atoms with van der Waals surface area (Å²) in [5.74, 6) is 0.822. The molecule has 21 heavy (non-hydrogen) atoms. The molecule has 3 aromatic rings. The van der Waals surface area contributed by atoms with Gasteiger partial charge in [0.2, 0.25) is 0 Å². The molecule has 1 unspecified atom stereocenters. The van der Waals surface area contributed by atoms with Crippen molar-refractivity contribution in [3.63, 3.8) is 0 Å². The van der Waals surface area contributed by atoms with E-state index in [0.29, 0.717) is 0 Å². The molecule has 108 valence electrons. The Morgan fingerprint density at radius 2 is 1.95 bits per heavy atom. The van der Waals surface area contributed by atoms with Crippen LogP contribution in [0.3, 0.4) is 0 Å². The van der Waals surface area contributed by atoms with E-state index in [-0.39, 0.29) is 12.1 Å². The van der Waals surface area contributed by atoms with Gasteiger partial charge in [-0.3, -0.25) is 0 Å². The standard InChI is InChI=1S/C17H18N2OS/c1-12(18)10-15(13-6-3-2-4-7-13)20-14-8-5-9-16-17(14)19-11-21-16/h2-9,11-12,15H,10,18H2,1H3/t12?,15-/m1/s1. The number of ether oxygens (including phenoxy) is 1. The van der Waals surface area contributed by atoms with E-state index in [1.165, 1.54) is 0 Å². The molecular formula is C17H18N2OS. The maximum absolute atomic E-state index is 6.25. The Morgan fingerprint density at radius 3 is 2.71 bits per heavy atom. The molecule has 0 aliphatic rings. The maximum atomic E-state index is 6.25. The summed E-state index contributed by atoms with van der Waals surface area (Å²) in [7, 11) is 0. The summed E-state index contributed by atoms with van der Waals surface area (Å²) >= 11 is 1.62. The van der Waals surface area contributed by atoms with Gasteiger partial charge in [0.15, 0.2) is 0 Å². The van der Waals surface area contributed by atoms with Crippen molar-refractivity contribution in [2.45, 2.75) is 25.5 Å². The van der Waals surface area contributed by atoms with Gasteiger partial charge in [-0.25, -0.2) is 4.98 Å². The van der Waals surface area contributed by atoms with E-state index in [0.717, 1.165) is 28.0 Å². The number of aromatic nitrogens is 1. The van der Waals surface area contributed by atoms with Gasteiger partial charge in [-0.15, -0.1) is 11.3 Å². The van der Waals surface area contributed by atoms with Crippen LogP contribution in [0, 0.1) is 0 Å². The van der Waals surface area contributed by atoms with Gasteiger partial charge in [0.05, 0.1) is 10.2 Å². The minimum Gasteiger partial charge on any atom is -0.483 e. The SMILES string of the molecule is CC(N)C[C@@H](Oc1cccc2scnc12)c1ccccc1. The van der Waals surface area contributed by atoms with Gasteiger partial charge in [-0.2, -0.15) is 0 Å². The first kappa shape index (κ1) is 14.0. The van der Waals surface area contributed by atoms with Crippen molar-refractivity contribution in [2.75, 3.05) is 0 Å². The summed E-state index contributed by atoms with van der Waals surface area (Å²) in [5, 5.41) is 0. The first-order chi connectivity index (χ1) is 10.2. The lowest BCUT2D eigenvalue weighted by molar-refractivity contribution is 0.189. The summed E-state index contributed by atoms with van der Waals surface area (Å²) in [5.41, 5.74) is 9.90. The smallest absolute Gasteiger partial charge is 0.147 e. The van der Waals surface area contributed by atoms with Crippen LogP contribution in [-0.2, 0) is 0 Å². The number of nitrogens with two attached hydrogens (primary N) is 1. The second-order valence-corrected chi connectivity index (χ2v) is 6.07. The van der Waals surface area contributed by atoms with Crippen LogP contribution in [0.2, 0.25) is 0 Å². The quantitative estimate of drug-likeness (QED) is 0.769. The van der Waals surface area contributed by atoms with Crippen LogP contribution in [0.15, 0.2) is 54.0 Å². The third-order valence-electron chi connectivity index (χ3n) is 3.35. The summed E-state index contributed by atoms with van der Waals surface area (Å²) in [6, 6.07) is 16.3. The topological polar surface area (TPSA) is 48.1 Å². The van der Waals surface area contributed by atoms with E-state index in [2.05, 4.69) is 23.2 Å². The minimum absolute atomic E-state index is 0.0569. The molecule has 3 rings (SSSR count). The fourth-order valence-corrected chi connectivity index (χ4v) is 3.06. The van der Waals surface area contributed by atoms with E-state index in [9.17, 15) is 0 Å². The number of thiazole rings is 1. The van der Waals surface area contributed by atoms with Crippen molar-refractivity contribution >= 4 is 21.6 Å². The average Bonchev–Trinajstić information content (AvgIpc) is 2.96. The molecule has 0 fully saturated rings. The zero-order valence-corrected chi connectivity index (χ0v) is 12.7. The Labute approximate surface area is 128 Å². The van der Waals surface area contributed by atoms with Crippen molar-refractivity contribution in [3.8, 4) is 5.75 Å². The Hall–Kier alpha value is -1.91. The molecule has 2 aromatic carbocycles. The summed E-state index contributed by atoms with van der Waals surface area (Å²) in [4.78, 5) is 4.41. The largest absolute Gasteiger partial charge is 0.483 e. The van der Waals surface area contributed by atoms with Gasteiger partial charge in [-0.1, -0.05) is 36.4 Å². The van der Waals surface area contributed by atoms with Crippen molar-refractivity contribution < 1.29 is 4.74 Å². The van der Waals surface area contributed by atoms with E-state index >= 15 is 0 Å². The highest BCUT2D eigenvalue weighted by Crippen LogP contribution is 2.32. The number of hydrogen-bond donors (Lipinski definition) is 1. The molecule has 0 spiro atoms. The van der Waals surface area contributed by atoms with E-state index < -0.39 is 0 Å². The lowest BCUT2D eigenvalue weighted by Crippen LogP contribution is -2.21. The molecule has 1 aromatic heterocycles. The van der Waals surface area contributed by atoms with Crippen molar-refractivity contribution in [2.24, 2.45) is 5.73 Å². The lowest BCUT2D eigenvalue weighted by atomic mass is 10.0. The fourth-order valence-electron chi connectivity index (χ4n) is 2.37. The monoisotopic (exact) mass is 298 g/mol. The number of fused-ring (bicyclic) bond motifs is 1. The molecule has 2 atom stereocenters. The normalized spacial score (nSPS) is 14.0. The summed E-state index contributed by atoms with van der Waals surface area (Å²) < 4.78 is 7.39. The molecule has 0 bridgehead atoms. The zero-order chi connectivity index (χ0) is 14.7. The highest BCUT2D eigenvalue weighted by Gasteiger charge is 2.17. The average molecular weight is 298 g/mol. The molecule has 0 radical (unpaired) electrons. The van der Waals surface area contributed by atoms with E-state index in [1.807, 2.05) is 42.8 Å². The highest BCUT2D eigenvalue weighted by atomic mass is 32.1. The van der Waals surface area contributed by atoms with Crippen LogP contribution in [0.25, 0.3) is 10.2 Å². The van der Waals surface area contributed by atoms with Gasteiger partial charge in [0.1, 0.15) is 17.4 Å². The fraction of sp³-hybridized carbons (Fsp3) is 0.235. The van der Waals surface area contributed by atoms with Crippen LogP contribution in [-0.4, -0.2) is 11.0 Å². The van der Waals surface area contributed by atoms with E-state index in [1.54, 1.807) is 11.3 Å². The minimum atomic E-state index is -0.0569. The van der Waals surface area contributed by atoms with Crippen LogP contribution in [0.5, 0.6) is 5.75 Å². The number of nitrogens with zero attached hydrogens (tertiary/aromatic N) is 1. The molecule has 0 amide bonds. The van der Waals surface area contributed by atoms with Crippen LogP contribution in [0.4, 0.5) is 0 Å². The Kier molecular flexibility index (Phi) is 4.18. The number of rotatable bonds is 5. The lowest BCUT2D eigenvalue weighted by Gasteiger charge is -2.21. The van der Waals surface area contributed by atoms with Gasteiger partial charge in [0, 0.05) is 12.5 Å². The van der Waals surface area contributed by atoms with Gasteiger partial charge < -0.3 is 10.5 Å². The highest BCUT2D eigenvalue weighted by molar-refractivity contribution is 7.16. The zero-order valence-electron chi connectivity index (χ0n) is 11.9. The first-order valence-corrected chi connectivity index (χ1v) is 7.91. The third-order valence-corrected chi connectivity index (χ3v) is 4.14. The number of para-hydroxylation sites is 1. The van der Waals surface area contributed by atoms with Gasteiger partial charge >= 0.3 is 0 Å². The van der Waals surface area contributed by atoms with E-state index in [4.69, 9.17) is 10.5 Å². The summed E-state index contributed by atoms with van der Waals surface area (Å²) in [6.45, 7) is 2.00. The molecule has 2 N–H and O–H groups in total. The molecule has 3 nitrogen and oxygen atoms in total. The van der Waals surface area contributed by atoms with Crippen LogP contribution in [0.1, 0.15) is 25.0 Å². The second kappa shape index (κ2) is 6.24. The Balaban J connectivity index is 1.93. The van der Waals surface area contributed by atoms with Gasteiger partial charge in [-0.05, 0) is 24.6 Å². The first-order valence-electron chi connectivity index (χ1n) is 7.03. The number of hydrogen-bond acceptors (Lipinski definition) is 4. The predicted octanol–water partition coefficient (Wildman–Crippen LogP) is 4.15. The van der Waals surface area contributed by atoms with Crippen molar-refractivity contribution in [3.05, 3.63) is 59.6 Å². The van der Waals surface area contributed by atoms with Crippen molar-refractivity contribution in [1.82, 2.24) is 4.98 Å². The Bertz CT molecular complexity index is 709. The number of benzene rings is 2.